The molecule has 0 aliphatic heterocycles. The van der Waals surface area contributed by atoms with E-state index < -0.39 is 0 Å². The first-order valence-corrected chi connectivity index (χ1v) is 5.46. The SMILES string of the molecule is CCNC(=NCCOC)NCCNC(C)=O. The van der Waals surface area contributed by atoms with Crippen LogP contribution in [0.25, 0.3) is 0 Å². The Balaban J connectivity index is 3.74. The summed E-state index contributed by atoms with van der Waals surface area (Å²) >= 11 is 0. The molecule has 0 heterocycles. The van der Waals surface area contributed by atoms with Gasteiger partial charge in [0.15, 0.2) is 5.96 Å². The molecule has 0 rings (SSSR count). The van der Waals surface area contributed by atoms with Crippen LogP contribution in [0.15, 0.2) is 4.99 Å². The number of carbonyl (C=O) groups is 1. The normalized spacial score (nSPS) is 11.1. The van der Waals surface area contributed by atoms with Crippen molar-refractivity contribution in [3.05, 3.63) is 0 Å². The Kier molecular flexibility index (Phi) is 9.39. The van der Waals surface area contributed by atoms with Gasteiger partial charge in [0.1, 0.15) is 0 Å². The van der Waals surface area contributed by atoms with E-state index in [0.29, 0.717) is 26.2 Å². The van der Waals surface area contributed by atoms with Crippen molar-refractivity contribution in [1.29, 1.82) is 0 Å². The summed E-state index contributed by atoms with van der Waals surface area (Å²) in [5.41, 5.74) is 0. The standard InChI is InChI=1S/C10H22N4O2/c1-4-11-10(14-7-8-16-3)13-6-5-12-9(2)15/h4-8H2,1-3H3,(H,12,15)(H2,11,13,14). The molecule has 3 N–H and O–H groups in total. The van der Waals surface area contributed by atoms with Gasteiger partial charge in [-0.3, -0.25) is 9.79 Å². The Morgan fingerprint density at radius 3 is 2.50 bits per heavy atom. The summed E-state index contributed by atoms with van der Waals surface area (Å²) < 4.78 is 4.91. The second-order valence-electron chi connectivity index (χ2n) is 3.16. The van der Waals surface area contributed by atoms with Gasteiger partial charge in [0.2, 0.25) is 5.91 Å². The van der Waals surface area contributed by atoms with E-state index in [1.54, 1.807) is 7.11 Å². The minimum Gasteiger partial charge on any atom is -0.383 e. The third-order valence-corrected chi connectivity index (χ3v) is 1.70. The van der Waals surface area contributed by atoms with Crippen LogP contribution >= 0.6 is 0 Å². The summed E-state index contributed by atoms with van der Waals surface area (Å²) in [6.45, 7) is 6.76. The Hall–Kier alpha value is -1.30. The van der Waals surface area contributed by atoms with Crippen molar-refractivity contribution in [2.45, 2.75) is 13.8 Å². The average molecular weight is 230 g/mol. The summed E-state index contributed by atoms with van der Waals surface area (Å²) in [4.78, 5) is 14.9. The molecule has 0 saturated heterocycles. The highest BCUT2D eigenvalue weighted by Gasteiger charge is 1.96. The van der Waals surface area contributed by atoms with Gasteiger partial charge >= 0.3 is 0 Å². The van der Waals surface area contributed by atoms with Crippen LogP contribution in [-0.2, 0) is 9.53 Å². The molecular formula is C10H22N4O2. The predicted molar refractivity (Wildman–Crippen MR) is 64.5 cm³/mol. The highest BCUT2D eigenvalue weighted by molar-refractivity contribution is 5.79. The van der Waals surface area contributed by atoms with E-state index >= 15 is 0 Å². The van der Waals surface area contributed by atoms with Crippen LogP contribution < -0.4 is 16.0 Å². The molecule has 0 aliphatic carbocycles. The number of aliphatic imine (C=N–C) groups is 1. The number of rotatable bonds is 7. The van der Waals surface area contributed by atoms with Crippen LogP contribution in [-0.4, -0.2) is 51.8 Å². The van der Waals surface area contributed by atoms with Crippen molar-refractivity contribution in [3.63, 3.8) is 0 Å². The highest BCUT2D eigenvalue weighted by Crippen LogP contribution is 1.75. The molecule has 0 radical (unpaired) electrons. The molecule has 0 aromatic rings. The van der Waals surface area contributed by atoms with E-state index in [4.69, 9.17) is 4.74 Å². The molecule has 16 heavy (non-hydrogen) atoms. The van der Waals surface area contributed by atoms with E-state index in [9.17, 15) is 4.79 Å². The minimum atomic E-state index is -0.0249. The summed E-state index contributed by atoms with van der Waals surface area (Å²) in [7, 11) is 1.65. The third kappa shape index (κ3) is 9.26. The summed E-state index contributed by atoms with van der Waals surface area (Å²) in [5, 5.41) is 8.91. The molecular weight excluding hydrogens is 208 g/mol. The summed E-state index contributed by atoms with van der Waals surface area (Å²) in [5.74, 6) is 0.716. The largest absolute Gasteiger partial charge is 0.383 e. The molecule has 0 aromatic heterocycles. The zero-order valence-electron chi connectivity index (χ0n) is 10.3. The first kappa shape index (κ1) is 14.7. The Morgan fingerprint density at radius 2 is 1.94 bits per heavy atom. The molecule has 94 valence electrons. The van der Waals surface area contributed by atoms with E-state index in [2.05, 4.69) is 20.9 Å². The maximum Gasteiger partial charge on any atom is 0.216 e. The molecule has 0 spiro atoms. The molecule has 0 aromatic carbocycles. The van der Waals surface area contributed by atoms with E-state index in [1.807, 2.05) is 6.92 Å². The molecule has 0 bridgehead atoms. The van der Waals surface area contributed by atoms with Gasteiger partial charge in [-0.25, -0.2) is 0 Å². The number of hydrogen-bond donors (Lipinski definition) is 3. The van der Waals surface area contributed by atoms with Crippen molar-refractivity contribution < 1.29 is 9.53 Å². The van der Waals surface area contributed by atoms with Gasteiger partial charge in [0, 0.05) is 33.7 Å². The monoisotopic (exact) mass is 230 g/mol. The summed E-state index contributed by atoms with van der Waals surface area (Å²) in [6, 6.07) is 0. The van der Waals surface area contributed by atoms with E-state index in [1.165, 1.54) is 6.92 Å². The molecule has 0 saturated carbocycles. The molecule has 6 heteroatoms. The van der Waals surface area contributed by atoms with Gasteiger partial charge in [-0.15, -0.1) is 0 Å². The van der Waals surface area contributed by atoms with Gasteiger partial charge in [-0.1, -0.05) is 0 Å². The smallest absolute Gasteiger partial charge is 0.216 e. The summed E-state index contributed by atoms with van der Waals surface area (Å²) in [6.07, 6.45) is 0. The lowest BCUT2D eigenvalue weighted by molar-refractivity contribution is -0.118. The molecule has 0 aliphatic rings. The third-order valence-electron chi connectivity index (χ3n) is 1.70. The van der Waals surface area contributed by atoms with Gasteiger partial charge in [-0.05, 0) is 6.92 Å². The van der Waals surface area contributed by atoms with Crippen molar-refractivity contribution in [1.82, 2.24) is 16.0 Å². The van der Waals surface area contributed by atoms with Crippen LogP contribution in [0.5, 0.6) is 0 Å². The van der Waals surface area contributed by atoms with Crippen LogP contribution in [0.1, 0.15) is 13.8 Å². The number of carbonyl (C=O) groups excluding carboxylic acids is 1. The predicted octanol–water partition coefficient (Wildman–Crippen LogP) is -0.676. The zero-order valence-corrected chi connectivity index (χ0v) is 10.3. The first-order valence-electron chi connectivity index (χ1n) is 5.46. The lowest BCUT2D eigenvalue weighted by atomic mass is 10.5. The lowest BCUT2D eigenvalue weighted by Gasteiger charge is -2.11. The van der Waals surface area contributed by atoms with Gasteiger partial charge in [-0.2, -0.15) is 0 Å². The number of guanidine groups is 1. The number of methoxy groups -OCH3 is 1. The van der Waals surface area contributed by atoms with Crippen LogP contribution in [0.3, 0.4) is 0 Å². The van der Waals surface area contributed by atoms with Crippen LogP contribution in [0.4, 0.5) is 0 Å². The number of amides is 1. The fourth-order valence-corrected chi connectivity index (χ4v) is 1.01. The molecule has 0 unspecified atom stereocenters. The fourth-order valence-electron chi connectivity index (χ4n) is 1.01. The second kappa shape index (κ2) is 10.2. The maximum absolute atomic E-state index is 10.6. The topological polar surface area (TPSA) is 74.8 Å². The average Bonchev–Trinajstić information content (AvgIpc) is 2.24. The van der Waals surface area contributed by atoms with Crippen molar-refractivity contribution in [2.75, 3.05) is 39.9 Å². The van der Waals surface area contributed by atoms with Crippen LogP contribution in [0.2, 0.25) is 0 Å². The minimum absolute atomic E-state index is 0.0249. The van der Waals surface area contributed by atoms with E-state index in [0.717, 1.165) is 12.5 Å². The number of nitrogens with zero attached hydrogens (tertiary/aromatic N) is 1. The quantitative estimate of drug-likeness (QED) is 0.308. The highest BCUT2D eigenvalue weighted by atomic mass is 16.5. The van der Waals surface area contributed by atoms with Gasteiger partial charge < -0.3 is 20.7 Å². The van der Waals surface area contributed by atoms with Gasteiger partial charge in [0.05, 0.1) is 13.2 Å². The molecule has 0 fully saturated rings. The number of hydrogen-bond acceptors (Lipinski definition) is 3. The Morgan fingerprint density at radius 1 is 1.25 bits per heavy atom. The van der Waals surface area contributed by atoms with Crippen molar-refractivity contribution in [2.24, 2.45) is 4.99 Å². The maximum atomic E-state index is 10.6. The van der Waals surface area contributed by atoms with Gasteiger partial charge in [0.25, 0.3) is 0 Å². The van der Waals surface area contributed by atoms with Crippen molar-refractivity contribution >= 4 is 11.9 Å². The molecule has 0 atom stereocenters. The number of ether oxygens (including phenoxy) is 1. The Labute approximate surface area is 96.8 Å². The van der Waals surface area contributed by atoms with Crippen LogP contribution in [0, 0.1) is 0 Å². The zero-order chi connectivity index (χ0) is 12.2. The molecule has 6 nitrogen and oxygen atoms in total. The lowest BCUT2D eigenvalue weighted by Crippen LogP contribution is -2.41. The molecule has 1 amide bonds. The Bertz CT molecular complexity index is 219. The first-order chi connectivity index (χ1) is 7.70. The van der Waals surface area contributed by atoms with Crippen molar-refractivity contribution in [3.8, 4) is 0 Å². The van der Waals surface area contributed by atoms with E-state index in [-0.39, 0.29) is 5.91 Å². The fraction of sp³-hybridized carbons (Fsp3) is 0.800. The second-order valence-corrected chi connectivity index (χ2v) is 3.16. The number of nitrogens with one attached hydrogen (secondary N) is 3.